The van der Waals surface area contributed by atoms with Crippen molar-refractivity contribution in [1.29, 1.82) is 0 Å². The Morgan fingerprint density at radius 1 is 0.750 bits per heavy atom. The van der Waals surface area contributed by atoms with Crippen LogP contribution in [0, 0.1) is 6.92 Å². The Bertz CT molecular complexity index is 1160. The topological polar surface area (TPSA) is 55.4 Å². The first-order valence-electron chi connectivity index (χ1n) is 14.0. The van der Waals surface area contributed by atoms with E-state index in [0.717, 1.165) is 22.0 Å². The molecule has 224 valence electrons. The summed E-state index contributed by atoms with van der Waals surface area (Å²) in [5.74, 6) is 1.76. The lowest BCUT2D eigenvalue weighted by Crippen LogP contribution is -3.00. The second-order valence-corrected chi connectivity index (χ2v) is 12.7. The molecule has 2 unspecified atom stereocenters. The van der Waals surface area contributed by atoms with Gasteiger partial charge in [-0.2, -0.15) is 4.72 Å². The molecule has 0 aromatic heterocycles. The van der Waals surface area contributed by atoms with Gasteiger partial charge >= 0.3 is 0 Å². The number of nitrogens with zero attached hydrogens (tertiary/aromatic N) is 1. The predicted octanol–water partition coefficient (Wildman–Crippen LogP) is 4.74. The molecule has 2 atom stereocenters. The van der Waals surface area contributed by atoms with Crippen molar-refractivity contribution in [2.24, 2.45) is 0 Å². The zero-order chi connectivity index (χ0) is 29.5. The minimum Gasteiger partial charge on any atom is -1.00 e. The highest BCUT2D eigenvalue weighted by molar-refractivity contribution is 7.89. The molecular weight excluding hydrogens is 540 g/mol. The van der Waals surface area contributed by atoms with Crippen LogP contribution in [-0.2, 0) is 10.0 Å². The number of ether oxygens (including phenoxy) is 1. The van der Waals surface area contributed by atoms with E-state index < -0.39 is 10.0 Å². The lowest BCUT2D eigenvalue weighted by atomic mass is 9.99. The van der Waals surface area contributed by atoms with Crippen molar-refractivity contribution in [2.45, 2.75) is 71.1 Å². The number of halogens is 1. The molecule has 40 heavy (non-hydrogen) atoms. The van der Waals surface area contributed by atoms with Gasteiger partial charge in [-0.15, -0.1) is 0 Å². The predicted molar refractivity (Wildman–Crippen MR) is 166 cm³/mol. The molecule has 0 fully saturated rings. The SMILES string of the molecule is CCC(C)c1ccc(S(=O)(=O)NCOc2ccc(C)cc2)cc1.CCC(C)c1ccccc1.CC[N+](C)(C)C.[Cl-]. The van der Waals surface area contributed by atoms with Crippen LogP contribution < -0.4 is 21.9 Å². The monoisotopic (exact) mass is 590 g/mol. The maximum Gasteiger partial charge on any atom is 0.243 e. The molecule has 0 saturated heterocycles. The van der Waals surface area contributed by atoms with Gasteiger partial charge in [0, 0.05) is 0 Å². The van der Waals surface area contributed by atoms with Crippen LogP contribution in [0.2, 0.25) is 0 Å². The maximum atomic E-state index is 12.2. The van der Waals surface area contributed by atoms with Crippen LogP contribution in [0.25, 0.3) is 0 Å². The zero-order valence-electron chi connectivity index (χ0n) is 25.9. The summed E-state index contributed by atoms with van der Waals surface area (Å²) in [7, 11) is 2.98. The summed E-state index contributed by atoms with van der Waals surface area (Å²) in [4.78, 5) is 0.247. The van der Waals surface area contributed by atoms with Crippen LogP contribution in [0.1, 0.15) is 76.0 Å². The maximum absolute atomic E-state index is 12.2. The van der Waals surface area contributed by atoms with E-state index in [-0.39, 0.29) is 24.0 Å². The highest BCUT2D eigenvalue weighted by Crippen LogP contribution is 2.20. The Morgan fingerprint density at radius 3 is 1.62 bits per heavy atom. The molecule has 7 heteroatoms. The Morgan fingerprint density at radius 2 is 1.20 bits per heavy atom. The molecular formula is C33H51ClN2O3S. The van der Waals surface area contributed by atoms with Crippen molar-refractivity contribution < 1.29 is 30.0 Å². The number of quaternary nitrogens is 1. The van der Waals surface area contributed by atoms with Crippen LogP contribution in [-0.4, -0.2) is 47.3 Å². The third-order valence-corrected chi connectivity index (χ3v) is 8.20. The van der Waals surface area contributed by atoms with Gasteiger partial charge in [0.1, 0.15) is 5.75 Å². The molecule has 3 rings (SSSR count). The van der Waals surface area contributed by atoms with Gasteiger partial charge in [-0.05, 0) is 73.9 Å². The van der Waals surface area contributed by atoms with Crippen LogP contribution in [0.3, 0.4) is 0 Å². The minimum atomic E-state index is -3.56. The lowest BCUT2D eigenvalue weighted by Gasteiger charge is -2.20. The van der Waals surface area contributed by atoms with Gasteiger partial charge in [-0.25, -0.2) is 8.42 Å². The van der Waals surface area contributed by atoms with E-state index in [9.17, 15) is 8.42 Å². The first kappa shape index (κ1) is 37.6. The van der Waals surface area contributed by atoms with E-state index in [0.29, 0.717) is 17.6 Å². The van der Waals surface area contributed by atoms with E-state index in [1.807, 2.05) is 43.3 Å². The Kier molecular flexibility index (Phi) is 17.7. The Labute approximate surface area is 251 Å². The fourth-order valence-corrected chi connectivity index (χ4v) is 4.01. The molecule has 1 N–H and O–H groups in total. The van der Waals surface area contributed by atoms with Gasteiger partial charge in [0.2, 0.25) is 10.0 Å². The van der Waals surface area contributed by atoms with Crippen molar-refractivity contribution >= 4 is 10.0 Å². The van der Waals surface area contributed by atoms with Gasteiger partial charge in [0.25, 0.3) is 0 Å². The molecule has 0 bridgehead atoms. The molecule has 0 amide bonds. The molecule has 0 radical (unpaired) electrons. The van der Waals surface area contributed by atoms with Crippen molar-refractivity contribution in [1.82, 2.24) is 4.72 Å². The highest BCUT2D eigenvalue weighted by atomic mass is 35.5. The number of benzene rings is 3. The molecule has 0 aliphatic heterocycles. The fourth-order valence-electron chi connectivity index (χ4n) is 3.14. The number of hydrogen-bond donors (Lipinski definition) is 1. The highest BCUT2D eigenvalue weighted by Gasteiger charge is 2.14. The summed E-state index contributed by atoms with van der Waals surface area (Å²) in [6, 6.07) is 25.1. The van der Waals surface area contributed by atoms with E-state index in [1.165, 1.54) is 18.5 Å². The summed E-state index contributed by atoms with van der Waals surface area (Å²) in [6.45, 7) is 14.0. The Balaban J connectivity index is 0.000000738. The fraction of sp³-hybridized carbons (Fsp3) is 0.455. The van der Waals surface area contributed by atoms with E-state index >= 15 is 0 Å². The molecule has 0 spiro atoms. The first-order chi connectivity index (χ1) is 18.3. The first-order valence-corrected chi connectivity index (χ1v) is 15.5. The number of sulfonamides is 1. The average Bonchev–Trinajstić information content (AvgIpc) is 2.94. The van der Waals surface area contributed by atoms with Crippen molar-refractivity contribution in [3.63, 3.8) is 0 Å². The number of nitrogens with one attached hydrogen (secondary N) is 1. The minimum absolute atomic E-state index is 0. The Hall–Kier alpha value is -2.38. The van der Waals surface area contributed by atoms with Crippen molar-refractivity contribution in [3.05, 3.63) is 95.6 Å². The number of aryl methyl sites for hydroxylation is 1. The molecule has 0 aliphatic rings. The van der Waals surface area contributed by atoms with Crippen molar-refractivity contribution in [3.8, 4) is 5.75 Å². The lowest BCUT2D eigenvalue weighted by molar-refractivity contribution is -0.868. The van der Waals surface area contributed by atoms with Crippen molar-refractivity contribution in [2.75, 3.05) is 34.4 Å². The molecule has 0 heterocycles. The van der Waals surface area contributed by atoms with Crippen LogP contribution in [0.15, 0.2) is 83.8 Å². The van der Waals surface area contributed by atoms with Gasteiger partial charge in [0.05, 0.1) is 32.6 Å². The summed E-state index contributed by atoms with van der Waals surface area (Å²) in [5, 5.41) is 0. The number of hydrogen-bond acceptors (Lipinski definition) is 3. The second-order valence-electron chi connectivity index (χ2n) is 11.0. The van der Waals surface area contributed by atoms with Gasteiger partial charge in [-0.3, -0.25) is 0 Å². The normalized spacial score (nSPS) is 12.4. The van der Waals surface area contributed by atoms with Crippen LogP contribution in [0.5, 0.6) is 5.75 Å². The van der Waals surface area contributed by atoms with Gasteiger partial charge < -0.3 is 21.6 Å². The summed E-state index contributed by atoms with van der Waals surface area (Å²) in [5.41, 5.74) is 3.71. The van der Waals surface area contributed by atoms with E-state index in [2.05, 4.69) is 90.8 Å². The number of rotatable bonds is 10. The smallest absolute Gasteiger partial charge is 0.243 e. The molecule has 5 nitrogen and oxygen atoms in total. The average molecular weight is 591 g/mol. The third-order valence-electron chi connectivity index (χ3n) is 6.81. The van der Waals surface area contributed by atoms with E-state index in [1.54, 1.807) is 12.1 Å². The molecule has 3 aromatic carbocycles. The molecule has 3 aromatic rings. The summed E-state index contributed by atoms with van der Waals surface area (Å²) >= 11 is 0. The second kappa shape index (κ2) is 18.9. The molecule has 0 aliphatic carbocycles. The van der Waals surface area contributed by atoms with Gasteiger partial charge in [-0.1, -0.05) is 87.9 Å². The standard InChI is InChI=1S/C18H23NO3S.C10H14.C5H14N.ClH/c1-4-15(3)16-7-11-18(12-8-16)23(20,21)19-13-22-17-9-5-14(2)6-10-17;1-3-9(2)10-7-5-4-6-8-10;1-5-6(2,3)4;/h5-12,15,19H,4,13H2,1-3H3;4-9H,3H2,1-2H3;5H2,1-4H3;1H/q;;+1;/p-1. The van der Waals surface area contributed by atoms with Crippen LogP contribution in [0.4, 0.5) is 0 Å². The van der Waals surface area contributed by atoms with Crippen LogP contribution >= 0.6 is 0 Å². The summed E-state index contributed by atoms with van der Waals surface area (Å²) in [6.07, 6.45) is 2.25. The van der Waals surface area contributed by atoms with E-state index in [4.69, 9.17) is 4.74 Å². The van der Waals surface area contributed by atoms with Gasteiger partial charge in [0.15, 0.2) is 6.73 Å². The molecule has 0 saturated carbocycles. The third kappa shape index (κ3) is 14.8. The zero-order valence-corrected chi connectivity index (χ0v) is 27.5. The quantitative estimate of drug-likeness (QED) is 0.274. The largest absolute Gasteiger partial charge is 1.00 e. The summed E-state index contributed by atoms with van der Waals surface area (Å²) < 4.78 is 33.4.